The quantitative estimate of drug-likeness (QED) is 0.578. The molecule has 1 fully saturated rings. The Morgan fingerprint density at radius 3 is 2.47 bits per heavy atom. The fourth-order valence-corrected chi connectivity index (χ4v) is 2.19. The first-order valence-corrected chi connectivity index (χ1v) is 4.75. The number of hydrogen-bond donors (Lipinski definition) is 2. The van der Waals surface area contributed by atoms with Gasteiger partial charge in [0, 0.05) is 13.1 Å². The molecule has 0 radical (unpaired) electrons. The average molecular weight is 212 g/mol. The van der Waals surface area contributed by atoms with Gasteiger partial charge in [0.2, 0.25) is 0 Å². The van der Waals surface area contributed by atoms with E-state index in [0.717, 1.165) is 0 Å². The van der Waals surface area contributed by atoms with Gasteiger partial charge in [0.15, 0.2) is 0 Å². The van der Waals surface area contributed by atoms with E-state index in [2.05, 4.69) is 0 Å². The number of hydrogen-bond acceptors (Lipinski definition) is 2. The molecule has 2 atom stereocenters. The Hall–Kier alpha value is -1.72. The van der Waals surface area contributed by atoms with Gasteiger partial charge in [-0.05, 0) is 6.42 Å². The van der Waals surface area contributed by atoms with Crippen molar-refractivity contribution >= 4 is 12.2 Å². The van der Waals surface area contributed by atoms with Gasteiger partial charge in [0.1, 0.15) is 0 Å². The third kappa shape index (κ3) is 1.62. The molecule has 15 heavy (non-hydrogen) atoms. The Morgan fingerprint density at radius 2 is 1.93 bits per heavy atom. The van der Waals surface area contributed by atoms with E-state index in [9.17, 15) is 9.59 Å². The zero-order valence-corrected chi connectivity index (χ0v) is 8.04. The van der Waals surface area contributed by atoms with Gasteiger partial charge < -0.3 is 15.1 Å². The van der Waals surface area contributed by atoms with E-state index >= 15 is 0 Å². The van der Waals surface area contributed by atoms with Gasteiger partial charge in [-0.25, -0.2) is 9.59 Å². The van der Waals surface area contributed by atoms with Crippen LogP contribution in [0.5, 0.6) is 0 Å². The van der Waals surface area contributed by atoms with Crippen molar-refractivity contribution in [2.75, 3.05) is 13.1 Å². The Bertz CT molecular complexity index is 328. The summed E-state index contributed by atoms with van der Waals surface area (Å²) in [6.45, 7) is 0.497. The molecule has 2 rings (SSSR count). The first-order valence-electron chi connectivity index (χ1n) is 4.75. The first-order chi connectivity index (χ1) is 7.09. The molecule has 2 bridgehead atoms. The predicted molar refractivity (Wildman–Crippen MR) is 50.8 cm³/mol. The molecule has 0 aromatic heterocycles. The minimum Gasteiger partial charge on any atom is -0.465 e. The molecule has 0 aromatic rings. The zero-order valence-electron chi connectivity index (χ0n) is 8.04. The topological polar surface area (TPSA) is 81.1 Å². The number of fused-ring (bicyclic) bond motifs is 2. The molecule has 2 unspecified atom stereocenters. The minimum absolute atomic E-state index is 0.231. The van der Waals surface area contributed by atoms with Gasteiger partial charge in [-0.2, -0.15) is 0 Å². The van der Waals surface area contributed by atoms with Crippen LogP contribution in [0.1, 0.15) is 6.42 Å². The van der Waals surface area contributed by atoms with E-state index in [4.69, 9.17) is 10.2 Å². The second-order valence-corrected chi connectivity index (χ2v) is 3.76. The lowest BCUT2D eigenvalue weighted by molar-refractivity contribution is 0.0401. The van der Waals surface area contributed by atoms with Crippen molar-refractivity contribution in [1.29, 1.82) is 0 Å². The van der Waals surface area contributed by atoms with Crippen LogP contribution >= 0.6 is 0 Å². The highest BCUT2D eigenvalue weighted by Crippen LogP contribution is 2.24. The van der Waals surface area contributed by atoms with Crippen LogP contribution in [0.25, 0.3) is 0 Å². The van der Waals surface area contributed by atoms with Crippen LogP contribution in [0.15, 0.2) is 12.2 Å². The number of carboxylic acid groups (broad SMARTS) is 2. The largest absolute Gasteiger partial charge is 0.465 e. The van der Waals surface area contributed by atoms with Crippen LogP contribution in [-0.2, 0) is 0 Å². The predicted octanol–water partition coefficient (Wildman–Crippen LogP) is 0.657. The summed E-state index contributed by atoms with van der Waals surface area (Å²) in [4.78, 5) is 24.4. The summed E-state index contributed by atoms with van der Waals surface area (Å²) in [6, 6.07) is -0.562. The molecule has 2 aliphatic heterocycles. The van der Waals surface area contributed by atoms with Gasteiger partial charge >= 0.3 is 12.2 Å². The molecule has 0 saturated carbocycles. The summed E-state index contributed by atoms with van der Waals surface area (Å²) in [5, 5.41) is 17.8. The van der Waals surface area contributed by atoms with E-state index in [1.54, 1.807) is 6.08 Å². The second-order valence-electron chi connectivity index (χ2n) is 3.76. The van der Waals surface area contributed by atoms with Crippen LogP contribution in [0.2, 0.25) is 0 Å². The Morgan fingerprint density at radius 1 is 1.20 bits per heavy atom. The highest BCUT2D eigenvalue weighted by molar-refractivity contribution is 5.69. The van der Waals surface area contributed by atoms with Crippen LogP contribution in [-0.4, -0.2) is 57.4 Å². The van der Waals surface area contributed by atoms with Crippen molar-refractivity contribution in [3.05, 3.63) is 12.2 Å². The maximum absolute atomic E-state index is 11.0. The Labute approximate surface area is 86.4 Å². The molecule has 82 valence electrons. The number of carbonyl (C=O) groups is 2. The molecule has 6 heteroatoms. The fraction of sp³-hybridized carbons (Fsp3) is 0.556. The summed E-state index contributed by atoms with van der Waals surface area (Å²) in [5.41, 5.74) is 0. The third-order valence-electron chi connectivity index (χ3n) is 2.85. The number of rotatable bonds is 0. The molecular weight excluding hydrogens is 200 g/mol. The summed E-state index contributed by atoms with van der Waals surface area (Å²) in [6.07, 6.45) is 2.32. The SMILES string of the molecule is O=C(O)N1CC2C=CCC(C1)N2C(=O)O. The zero-order chi connectivity index (χ0) is 11.0. The van der Waals surface area contributed by atoms with Crippen molar-refractivity contribution in [2.24, 2.45) is 0 Å². The molecule has 2 amide bonds. The van der Waals surface area contributed by atoms with Gasteiger partial charge in [-0.3, -0.25) is 4.90 Å². The monoisotopic (exact) mass is 212 g/mol. The van der Waals surface area contributed by atoms with Crippen molar-refractivity contribution in [3.8, 4) is 0 Å². The molecule has 0 aromatic carbocycles. The fourth-order valence-electron chi connectivity index (χ4n) is 2.19. The molecule has 1 saturated heterocycles. The van der Waals surface area contributed by atoms with Crippen molar-refractivity contribution in [3.63, 3.8) is 0 Å². The summed E-state index contributed by atoms with van der Waals surface area (Å²) >= 11 is 0. The van der Waals surface area contributed by atoms with Crippen LogP contribution < -0.4 is 0 Å². The lowest BCUT2D eigenvalue weighted by Gasteiger charge is -2.45. The second kappa shape index (κ2) is 3.45. The molecular formula is C9H12N2O4. The average Bonchev–Trinajstić information content (AvgIpc) is 2.15. The number of amides is 2. The Kier molecular flexibility index (Phi) is 2.26. The summed E-state index contributed by atoms with van der Waals surface area (Å²) in [7, 11) is 0. The molecule has 0 aliphatic carbocycles. The van der Waals surface area contributed by atoms with Crippen molar-refractivity contribution in [1.82, 2.24) is 9.80 Å². The number of piperazine rings is 1. The molecule has 2 N–H and O–H groups in total. The molecule has 2 aliphatic rings. The third-order valence-corrected chi connectivity index (χ3v) is 2.85. The van der Waals surface area contributed by atoms with Crippen LogP contribution in [0, 0.1) is 0 Å². The lowest BCUT2D eigenvalue weighted by Crippen LogP contribution is -2.61. The van der Waals surface area contributed by atoms with Gasteiger partial charge in [0.05, 0.1) is 12.1 Å². The summed E-state index contributed by atoms with van der Waals surface area (Å²) in [5.74, 6) is 0. The van der Waals surface area contributed by atoms with E-state index in [1.165, 1.54) is 9.80 Å². The molecule has 0 spiro atoms. The van der Waals surface area contributed by atoms with Crippen LogP contribution in [0.3, 0.4) is 0 Å². The van der Waals surface area contributed by atoms with Gasteiger partial charge in [-0.15, -0.1) is 0 Å². The van der Waals surface area contributed by atoms with E-state index in [-0.39, 0.29) is 25.2 Å². The maximum atomic E-state index is 11.0. The smallest absolute Gasteiger partial charge is 0.408 e. The van der Waals surface area contributed by atoms with Gasteiger partial charge in [-0.1, -0.05) is 12.2 Å². The lowest BCUT2D eigenvalue weighted by atomic mass is 9.98. The van der Waals surface area contributed by atoms with Gasteiger partial charge in [0.25, 0.3) is 0 Å². The minimum atomic E-state index is -0.981. The van der Waals surface area contributed by atoms with Crippen molar-refractivity contribution < 1.29 is 19.8 Å². The standard InChI is InChI=1S/C9H12N2O4/c12-8(13)10-4-6-2-1-3-7(5-10)11(6)9(14)15/h1-2,6-7H,3-5H2,(H,12,13)(H,14,15). The molecule has 2 heterocycles. The van der Waals surface area contributed by atoms with E-state index in [1.807, 2.05) is 6.08 Å². The summed E-state index contributed by atoms with van der Waals surface area (Å²) < 4.78 is 0. The van der Waals surface area contributed by atoms with E-state index < -0.39 is 12.2 Å². The first kappa shape index (κ1) is 9.82. The van der Waals surface area contributed by atoms with Crippen LogP contribution in [0.4, 0.5) is 9.59 Å². The van der Waals surface area contributed by atoms with E-state index in [0.29, 0.717) is 6.42 Å². The normalized spacial score (nSPS) is 29.1. The maximum Gasteiger partial charge on any atom is 0.408 e. The number of nitrogens with zero attached hydrogens (tertiary/aromatic N) is 2. The highest BCUT2D eigenvalue weighted by Gasteiger charge is 2.39. The highest BCUT2D eigenvalue weighted by atomic mass is 16.4. The molecule has 6 nitrogen and oxygen atoms in total. The van der Waals surface area contributed by atoms with Crippen molar-refractivity contribution in [2.45, 2.75) is 18.5 Å². The Balaban J connectivity index is 2.20.